The van der Waals surface area contributed by atoms with Crippen LogP contribution in [-0.4, -0.2) is 33.8 Å². The second-order valence-electron chi connectivity index (χ2n) is 5.36. The first-order valence-electron chi connectivity index (χ1n) is 7.65. The Morgan fingerprint density at radius 3 is 2.72 bits per heavy atom. The first-order chi connectivity index (χ1) is 12.2. The van der Waals surface area contributed by atoms with Gasteiger partial charge in [-0.15, -0.1) is 10.2 Å². The van der Waals surface area contributed by atoms with Crippen LogP contribution in [0.2, 0.25) is 0 Å². The van der Waals surface area contributed by atoms with Crippen LogP contribution in [0.4, 0.5) is 4.39 Å². The predicted octanol–water partition coefficient (Wildman–Crippen LogP) is 3.70. The van der Waals surface area contributed by atoms with E-state index in [0.29, 0.717) is 28.9 Å². The highest BCUT2D eigenvalue weighted by Gasteiger charge is 2.09. The third kappa shape index (κ3) is 4.45. The lowest BCUT2D eigenvalue weighted by molar-refractivity contribution is 0.386. The summed E-state index contributed by atoms with van der Waals surface area (Å²) >= 11 is 1.42. The van der Waals surface area contributed by atoms with E-state index in [1.807, 2.05) is 30.3 Å². The minimum absolute atomic E-state index is 0.219. The van der Waals surface area contributed by atoms with E-state index >= 15 is 0 Å². The van der Waals surface area contributed by atoms with Gasteiger partial charge >= 0.3 is 0 Å². The molecule has 1 heterocycles. The number of nitrogens with zero attached hydrogens (tertiary/aromatic N) is 2. The molecule has 7 heteroatoms. The van der Waals surface area contributed by atoms with Crippen molar-refractivity contribution in [1.29, 1.82) is 5.41 Å². The van der Waals surface area contributed by atoms with E-state index in [0.717, 1.165) is 11.1 Å². The fourth-order valence-electron chi connectivity index (χ4n) is 2.30. The Hall–Kier alpha value is -2.67. The Labute approximate surface area is 149 Å². The maximum absolute atomic E-state index is 13.7. The highest BCUT2D eigenvalue weighted by molar-refractivity contribution is 7.99. The second-order valence-corrected chi connectivity index (χ2v) is 6.32. The molecule has 0 aliphatic rings. The third-order valence-corrected chi connectivity index (χ3v) is 4.47. The largest absolute Gasteiger partial charge is 0.494 e. The second kappa shape index (κ2) is 7.94. The summed E-state index contributed by atoms with van der Waals surface area (Å²) in [4.78, 5) is 3.11. The lowest BCUT2D eigenvalue weighted by atomic mass is 10.1. The average molecular weight is 356 g/mol. The first-order valence-corrected chi connectivity index (χ1v) is 8.64. The average Bonchev–Trinajstić information content (AvgIpc) is 3.08. The van der Waals surface area contributed by atoms with Crippen molar-refractivity contribution in [2.45, 2.75) is 11.6 Å². The van der Waals surface area contributed by atoms with Crippen LogP contribution >= 0.6 is 11.8 Å². The van der Waals surface area contributed by atoms with Crippen LogP contribution in [0.15, 0.2) is 53.7 Å². The van der Waals surface area contributed by atoms with Gasteiger partial charge in [0.05, 0.1) is 7.11 Å². The molecule has 0 radical (unpaired) electrons. The van der Waals surface area contributed by atoms with Gasteiger partial charge in [0.1, 0.15) is 5.82 Å². The van der Waals surface area contributed by atoms with Crippen molar-refractivity contribution in [1.82, 2.24) is 15.2 Å². The molecule has 0 bridgehead atoms. The van der Waals surface area contributed by atoms with Gasteiger partial charge in [-0.25, -0.2) is 4.39 Å². The summed E-state index contributed by atoms with van der Waals surface area (Å²) in [6.07, 6.45) is 0.449. The van der Waals surface area contributed by atoms with E-state index in [1.54, 1.807) is 12.1 Å². The smallest absolute Gasteiger partial charge is 0.188 e. The molecule has 128 valence electrons. The SMILES string of the molecule is COc1ccc(Cc2nnc(SCC(=N)c3ccccc3)[nH]2)cc1F. The van der Waals surface area contributed by atoms with Gasteiger partial charge < -0.3 is 15.1 Å². The molecular formula is C18H17FN4OS. The van der Waals surface area contributed by atoms with Gasteiger partial charge in [-0.05, 0) is 23.3 Å². The zero-order chi connectivity index (χ0) is 17.6. The van der Waals surface area contributed by atoms with Crippen LogP contribution in [0.1, 0.15) is 17.0 Å². The molecule has 0 spiro atoms. The molecule has 0 atom stereocenters. The number of rotatable bonds is 7. The molecule has 25 heavy (non-hydrogen) atoms. The number of benzene rings is 2. The van der Waals surface area contributed by atoms with Crippen molar-refractivity contribution < 1.29 is 9.13 Å². The van der Waals surface area contributed by atoms with Gasteiger partial charge in [0, 0.05) is 17.9 Å². The van der Waals surface area contributed by atoms with Crippen molar-refractivity contribution in [3.8, 4) is 5.75 Å². The van der Waals surface area contributed by atoms with Crippen LogP contribution in [-0.2, 0) is 6.42 Å². The standard InChI is InChI=1S/C18H17FN4OS/c1-24-16-8-7-12(9-14(16)19)10-17-21-18(23-22-17)25-11-15(20)13-5-3-2-4-6-13/h2-9,20H,10-11H2,1H3,(H,21,22,23). The van der Waals surface area contributed by atoms with Crippen molar-refractivity contribution in [3.63, 3.8) is 0 Å². The summed E-state index contributed by atoms with van der Waals surface area (Å²) < 4.78 is 18.6. The van der Waals surface area contributed by atoms with Gasteiger partial charge in [-0.2, -0.15) is 0 Å². The van der Waals surface area contributed by atoms with Gasteiger partial charge in [0.15, 0.2) is 16.7 Å². The molecule has 2 N–H and O–H groups in total. The Bertz CT molecular complexity index is 867. The molecule has 3 aromatic rings. The van der Waals surface area contributed by atoms with Crippen LogP contribution < -0.4 is 4.74 Å². The number of ether oxygens (including phenoxy) is 1. The zero-order valence-electron chi connectivity index (χ0n) is 13.6. The number of halogens is 1. The number of methoxy groups -OCH3 is 1. The summed E-state index contributed by atoms with van der Waals surface area (Å²) in [6.45, 7) is 0. The number of aromatic nitrogens is 3. The number of thioether (sulfide) groups is 1. The third-order valence-electron chi connectivity index (χ3n) is 3.58. The Morgan fingerprint density at radius 2 is 2.00 bits per heavy atom. The lowest BCUT2D eigenvalue weighted by Gasteiger charge is -2.03. The minimum atomic E-state index is -0.398. The van der Waals surface area contributed by atoms with E-state index in [2.05, 4.69) is 15.2 Å². The molecule has 1 aromatic heterocycles. The molecule has 0 aliphatic heterocycles. The molecule has 0 saturated carbocycles. The molecule has 0 aliphatic carbocycles. The first kappa shape index (κ1) is 17.2. The van der Waals surface area contributed by atoms with Gasteiger partial charge in [-0.3, -0.25) is 0 Å². The zero-order valence-corrected chi connectivity index (χ0v) is 14.4. The molecule has 0 saturated heterocycles. The molecule has 0 amide bonds. The molecule has 3 rings (SSSR count). The predicted molar refractivity (Wildman–Crippen MR) is 96.1 cm³/mol. The van der Waals surface area contributed by atoms with E-state index in [4.69, 9.17) is 10.1 Å². The summed E-state index contributed by atoms with van der Waals surface area (Å²) in [5, 5.41) is 16.9. The van der Waals surface area contributed by atoms with E-state index < -0.39 is 5.82 Å². The van der Waals surface area contributed by atoms with Crippen LogP contribution in [0.3, 0.4) is 0 Å². The van der Waals surface area contributed by atoms with Crippen molar-refractivity contribution >= 4 is 17.5 Å². The maximum atomic E-state index is 13.7. The Balaban J connectivity index is 1.59. The molecular weight excluding hydrogens is 339 g/mol. The highest BCUT2D eigenvalue weighted by Crippen LogP contribution is 2.20. The number of nitrogens with one attached hydrogen (secondary N) is 2. The topological polar surface area (TPSA) is 74.7 Å². The van der Waals surface area contributed by atoms with E-state index in [1.165, 1.54) is 24.9 Å². The summed E-state index contributed by atoms with van der Waals surface area (Å²) in [5.74, 6) is 0.969. The molecule has 0 unspecified atom stereocenters. The maximum Gasteiger partial charge on any atom is 0.188 e. The lowest BCUT2D eigenvalue weighted by Crippen LogP contribution is -2.02. The van der Waals surface area contributed by atoms with E-state index in [9.17, 15) is 4.39 Å². The minimum Gasteiger partial charge on any atom is -0.494 e. The summed E-state index contributed by atoms with van der Waals surface area (Å²) in [7, 11) is 1.44. The molecule has 5 nitrogen and oxygen atoms in total. The van der Waals surface area contributed by atoms with Gasteiger partial charge in [0.2, 0.25) is 0 Å². The fraction of sp³-hybridized carbons (Fsp3) is 0.167. The van der Waals surface area contributed by atoms with Crippen LogP contribution in [0.25, 0.3) is 0 Å². The Morgan fingerprint density at radius 1 is 1.20 bits per heavy atom. The Kier molecular flexibility index (Phi) is 5.45. The number of hydrogen-bond donors (Lipinski definition) is 2. The summed E-state index contributed by atoms with van der Waals surface area (Å²) in [5.41, 5.74) is 2.20. The van der Waals surface area contributed by atoms with Gasteiger partial charge in [0.25, 0.3) is 0 Å². The number of H-pyrrole nitrogens is 1. The van der Waals surface area contributed by atoms with Crippen LogP contribution in [0.5, 0.6) is 5.75 Å². The number of hydrogen-bond acceptors (Lipinski definition) is 5. The number of aromatic amines is 1. The monoisotopic (exact) mass is 356 g/mol. The fourth-order valence-corrected chi connectivity index (χ4v) is 3.04. The van der Waals surface area contributed by atoms with Crippen molar-refractivity contribution in [2.75, 3.05) is 12.9 Å². The van der Waals surface area contributed by atoms with Crippen molar-refractivity contribution in [3.05, 3.63) is 71.3 Å². The summed E-state index contributed by atoms with van der Waals surface area (Å²) in [6, 6.07) is 14.4. The quantitative estimate of drug-likeness (QED) is 0.500. The molecule has 0 fully saturated rings. The van der Waals surface area contributed by atoms with Crippen LogP contribution in [0, 0.1) is 11.2 Å². The molecule has 2 aromatic carbocycles. The van der Waals surface area contributed by atoms with Crippen molar-refractivity contribution in [2.24, 2.45) is 0 Å². The normalized spacial score (nSPS) is 10.6. The van der Waals surface area contributed by atoms with E-state index in [-0.39, 0.29) is 5.75 Å². The van der Waals surface area contributed by atoms with Gasteiger partial charge in [-0.1, -0.05) is 48.2 Å². The highest BCUT2D eigenvalue weighted by atomic mass is 32.2.